The molecule has 0 fully saturated rings. The van der Waals surface area contributed by atoms with Crippen LogP contribution in [0.25, 0.3) is 10.9 Å². The summed E-state index contributed by atoms with van der Waals surface area (Å²) >= 11 is 0. The van der Waals surface area contributed by atoms with Crippen molar-refractivity contribution in [2.75, 3.05) is 0 Å². The topological polar surface area (TPSA) is 31.2 Å². The van der Waals surface area contributed by atoms with Gasteiger partial charge in [-0.15, -0.1) is 6.42 Å². The molecule has 3 nitrogen and oxygen atoms in total. The zero-order valence-corrected chi connectivity index (χ0v) is 14.1. The van der Waals surface area contributed by atoms with Gasteiger partial charge in [0, 0.05) is 17.1 Å². The molecule has 0 N–H and O–H groups in total. The number of fused-ring (bicyclic) bond motifs is 1. The lowest BCUT2D eigenvalue weighted by Gasteiger charge is -2.12. The number of alkyl halides is 3. The minimum Gasteiger partial charge on any atom is -0.488 e. The Balaban J connectivity index is 1.92. The molecule has 0 saturated heterocycles. The Bertz CT molecular complexity index is 1070. The maximum Gasteiger partial charge on any atom is 0.416 e. The summed E-state index contributed by atoms with van der Waals surface area (Å²) in [5.74, 6) is 2.38. The number of rotatable bonds is 4. The molecule has 1 heterocycles. The summed E-state index contributed by atoms with van der Waals surface area (Å²) in [6, 6.07) is 10.2. The third kappa shape index (κ3) is 3.72. The van der Waals surface area contributed by atoms with Crippen LogP contribution in [-0.2, 0) is 12.8 Å². The van der Waals surface area contributed by atoms with Crippen LogP contribution in [0.1, 0.15) is 21.5 Å². The highest BCUT2D eigenvalue weighted by molar-refractivity contribution is 5.99. The Morgan fingerprint density at radius 2 is 2.04 bits per heavy atom. The van der Waals surface area contributed by atoms with Crippen LogP contribution in [0.3, 0.4) is 0 Å². The molecule has 0 unspecified atom stereocenters. The first kappa shape index (κ1) is 18.3. The number of halogens is 3. The lowest BCUT2D eigenvalue weighted by atomic mass is 10.1. The number of hydrogen-bond acceptors (Lipinski definition) is 2. The Kier molecular flexibility index (Phi) is 4.78. The van der Waals surface area contributed by atoms with Crippen molar-refractivity contribution in [2.45, 2.75) is 12.8 Å². The summed E-state index contributed by atoms with van der Waals surface area (Å²) in [5.41, 5.74) is 0.226. The van der Waals surface area contributed by atoms with Gasteiger partial charge in [0.1, 0.15) is 12.4 Å². The van der Waals surface area contributed by atoms with Gasteiger partial charge in [-0.05, 0) is 48.0 Å². The lowest BCUT2D eigenvalue weighted by Crippen LogP contribution is -2.07. The number of allylic oxidation sites excluding steroid dienone is 1. The van der Waals surface area contributed by atoms with E-state index in [4.69, 9.17) is 11.2 Å². The van der Waals surface area contributed by atoms with E-state index in [0.29, 0.717) is 22.2 Å². The van der Waals surface area contributed by atoms with Crippen LogP contribution in [0.4, 0.5) is 13.2 Å². The number of nitrogens with zero attached hydrogens (tertiary/aromatic N) is 1. The van der Waals surface area contributed by atoms with E-state index in [2.05, 4.69) is 12.5 Å². The molecule has 0 radical (unpaired) electrons. The first-order valence-electron chi connectivity index (χ1n) is 7.91. The second kappa shape index (κ2) is 7.04. The Hall–Kier alpha value is -3.46. The lowest BCUT2D eigenvalue weighted by molar-refractivity contribution is -0.137. The highest BCUT2D eigenvalue weighted by Gasteiger charge is 2.31. The SMILES string of the molecule is C#Cc1cc(COc2cccc3c2ccn3C(=O)C=C)cc(C(F)(F)F)c1. The van der Waals surface area contributed by atoms with Crippen LogP contribution in [-0.4, -0.2) is 10.5 Å². The molecule has 0 saturated carbocycles. The van der Waals surface area contributed by atoms with Crippen LogP contribution in [0, 0.1) is 12.3 Å². The van der Waals surface area contributed by atoms with Crippen molar-refractivity contribution >= 4 is 16.8 Å². The average Bonchev–Trinajstić information content (AvgIpc) is 3.09. The smallest absolute Gasteiger partial charge is 0.416 e. The van der Waals surface area contributed by atoms with Crippen LogP contribution < -0.4 is 4.74 Å². The summed E-state index contributed by atoms with van der Waals surface area (Å²) in [5, 5.41) is 0.664. The summed E-state index contributed by atoms with van der Waals surface area (Å²) in [6.45, 7) is 3.36. The van der Waals surface area contributed by atoms with Crippen molar-refractivity contribution in [2.24, 2.45) is 0 Å². The van der Waals surface area contributed by atoms with E-state index in [1.165, 1.54) is 16.7 Å². The molecule has 6 heteroatoms. The van der Waals surface area contributed by atoms with Crippen LogP contribution >= 0.6 is 0 Å². The molecular weight excluding hydrogens is 355 g/mol. The molecule has 1 aromatic heterocycles. The Morgan fingerprint density at radius 1 is 1.26 bits per heavy atom. The summed E-state index contributed by atoms with van der Waals surface area (Å²) in [6.07, 6.45) is 3.54. The quantitative estimate of drug-likeness (QED) is 0.476. The number of carbonyl (C=O) groups excluding carboxylic acids is 1. The molecule has 3 aromatic rings. The average molecular weight is 369 g/mol. The van der Waals surface area contributed by atoms with Crippen molar-refractivity contribution in [3.63, 3.8) is 0 Å². The molecular formula is C21H14F3NO2. The van der Waals surface area contributed by atoms with Crippen molar-refractivity contribution in [1.82, 2.24) is 4.57 Å². The van der Waals surface area contributed by atoms with E-state index >= 15 is 0 Å². The maximum atomic E-state index is 13.0. The second-order valence-electron chi connectivity index (χ2n) is 5.77. The fourth-order valence-corrected chi connectivity index (χ4v) is 2.74. The van der Waals surface area contributed by atoms with Gasteiger partial charge in [-0.1, -0.05) is 18.6 Å². The van der Waals surface area contributed by atoms with E-state index in [9.17, 15) is 18.0 Å². The van der Waals surface area contributed by atoms with Crippen LogP contribution in [0.5, 0.6) is 5.75 Å². The predicted molar refractivity (Wildman–Crippen MR) is 96.5 cm³/mol. The van der Waals surface area contributed by atoms with Crippen molar-refractivity contribution < 1.29 is 22.7 Å². The Labute approximate surface area is 153 Å². The van der Waals surface area contributed by atoms with Crippen molar-refractivity contribution in [3.8, 4) is 18.1 Å². The molecule has 136 valence electrons. The first-order valence-corrected chi connectivity index (χ1v) is 7.91. The fourth-order valence-electron chi connectivity index (χ4n) is 2.74. The molecule has 0 aliphatic carbocycles. The van der Waals surface area contributed by atoms with Crippen molar-refractivity contribution in [1.29, 1.82) is 0 Å². The van der Waals surface area contributed by atoms with E-state index in [-0.39, 0.29) is 18.1 Å². The largest absolute Gasteiger partial charge is 0.488 e. The zero-order valence-electron chi connectivity index (χ0n) is 14.1. The summed E-state index contributed by atoms with van der Waals surface area (Å²) < 4.78 is 46.2. The highest BCUT2D eigenvalue weighted by Crippen LogP contribution is 2.32. The third-order valence-electron chi connectivity index (χ3n) is 3.99. The molecule has 27 heavy (non-hydrogen) atoms. The normalized spacial score (nSPS) is 11.2. The maximum absolute atomic E-state index is 13.0. The van der Waals surface area contributed by atoms with Gasteiger partial charge in [0.15, 0.2) is 0 Å². The number of carbonyl (C=O) groups is 1. The van der Waals surface area contributed by atoms with Gasteiger partial charge in [0.05, 0.1) is 11.1 Å². The van der Waals surface area contributed by atoms with Crippen LogP contribution in [0.2, 0.25) is 0 Å². The van der Waals surface area contributed by atoms with Gasteiger partial charge >= 0.3 is 6.18 Å². The van der Waals surface area contributed by atoms with Gasteiger partial charge in [-0.3, -0.25) is 9.36 Å². The van der Waals surface area contributed by atoms with Crippen LogP contribution in [0.15, 0.2) is 61.3 Å². The van der Waals surface area contributed by atoms with E-state index < -0.39 is 11.7 Å². The molecule has 0 aliphatic heterocycles. The fraction of sp³-hybridized carbons (Fsp3) is 0.0952. The Morgan fingerprint density at radius 3 is 2.70 bits per heavy atom. The van der Waals surface area contributed by atoms with Gasteiger partial charge in [-0.25, -0.2) is 0 Å². The first-order chi connectivity index (χ1) is 12.8. The monoisotopic (exact) mass is 369 g/mol. The molecule has 0 bridgehead atoms. The standard InChI is InChI=1S/C21H14F3NO2/c1-3-14-10-15(12-16(11-14)21(22,23)24)13-27-19-7-5-6-18-17(19)8-9-25(18)20(26)4-2/h1,4-12H,2,13H2. The number of aromatic nitrogens is 1. The molecule has 0 aliphatic rings. The van der Waals surface area contributed by atoms with E-state index in [1.807, 2.05) is 0 Å². The van der Waals surface area contributed by atoms with E-state index in [0.717, 1.165) is 12.1 Å². The highest BCUT2D eigenvalue weighted by atomic mass is 19.4. The van der Waals surface area contributed by atoms with Gasteiger partial charge < -0.3 is 4.74 Å². The van der Waals surface area contributed by atoms with Gasteiger partial charge in [0.25, 0.3) is 5.91 Å². The minimum atomic E-state index is -4.50. The zero-order chi connectivity index (χ0) is 19.6. The van der Waals surface area contributed by atoms with Gasteiger partial charge in [0.2, 0.25) is 0 Å². The van der Waals surface area contributed by atoms with Crippen molar-refractivity contribution in [3.05, 3.63) is 78.0 Å². The number of terminal acetylenes is 1. The van der Waals surface area contributed by atoms with Gasteiger partial charge in [-0.2, -0.15) is 13.2 Å². The summed E-state index contributed by atoms with van der Waals surface area (Å²) in [7, 11) is 0. The minimum absolute atomic E-state index is 0.0989. The molecule has 0 spiro atoms. The van der Waals surface area contributed by atoms with E-state index in [1.54, 1.807) is 30.5 Å². The number of hydrogen-bond donors (Lipinski definition) is 0. The molecule has 3 rings (SSSR count). The molecule has 0 amide bonds. The predicted octanol–water partition coefficient (Wildman–Crippen LogP) is 5.05. The number of ether oxygens (including phenoxy) is 1. The molecule has 0 atom stereocenters. The molecule has 2 aromatic carbocycles. The second-order valence-corrected chi connectivity index (χ2v) is 5.77. The summed E-state index contributed by atoms with van der Waals surface area (Å²) in [4.78, 5) is 11.9. The third-order valence-corrected chi connectivity index (χ3v) is 3.99. The number of benzene rings is 2.